The van der Waals surface area contributed by atoms with Gasteiger partial charge in [0.05, 0.1) is 17.2 Å². The molecule has 0 N–H and O–H groups in total. The Bertz CT molecular complexity index is 649. The van der Waals surface area contributed by atoms with E-state index in [1.807, 2.05) is 0 Å². The zero-order chi connectivity index (χ0) is 14.0. The highest BCUT2D eigenvalue weighted by atomic mass is 35.5. The number of nitro benzene ring substituents is 1. The van der Waals surface area contributed by atoms with Gasteiger partial charge in [-0.25, -0.2) is 4.98 Å². The molecule has 0 saturated carbocycles. The predicted molar refractivity (Wildman–Crippen MR) is 70.0 cm³/mol. The molecular weight excluding hydrogens is 293 g/mol. The van der Waals surface area contributed by atoms with E-state index >= 15 is 0 Å². The molecule has 2 aromatic rings. The fraction of sp³-hybridized carbons (Fsp3) is 0.0909. The van der Waals surface area contributed by atoms with Gasteiger partial charge in [-0.3, -0.25) is 10.1 Å². The molecule has 0 aliphatic carbocycles. The van der Waals surface area contributed by atoms with Crippen LogP contribution in [-0.2, 0) is 0 Å². The Morgan fingerprint density at radius 2 is 2.11 bits per heavy atom. The van der Waals surface area contributed by atoms with Gasteiger partial charge in [0.2, 0.25) is 11.2 Å². The lowest BCUT2D eigenvalue weighted by molar-refractivity contribution is -0.384. The average Bonchev–Trinajstić information content (AvgIpc) is 2.36. The molecule has 0 atom stereocenters. The predicted octanol–water partition coefficient (Wildman–Crippen LogP) is 3.79. The monoisotopic (exact) mass is 299 g/mol. The number of hydrogen-bond acceptors (Lipinski definition) is 5. The second kappa shape index (κ2) is 5.38. The Morgan fingerprint density at radius 1 is 1.37 bits per heavy atom. The molecule has 19 heavy (non-hydrogen) atoms. The van der Waals surface area contributed by atoms with Crippen LogP contribution in [0, 0.1) is 17.0 Å². The van der Waals surface area contributed by atoms with E-state index in [1.165, 1.54) is 18.3 Å². The van der Waals surface area contributed by atoms with E-state index in [2.05, 4.69) is 9.97 Å². The maximum atomic E-state index is 10.7. The molecule has 0 unspecified atom stereocenters. The van der Waals surface area contributed by atoms with E-state index in [1.54, 1.807) is 13.0 Å². The van der Waals surface area contributed by atoms with Crippen LogP contribution in [0.4, 0.5) is 5.69 Å². The van der Waals surface area contributed by atoms with E-state index in [4.69, 9.17) is 27.9 Å². The lowest BCUT2D eigenvalue weighted by atomic mass is 10.2. The molecule has 0 radical (unpaired) electrons. The van der Waals surface area contributed by atoms with Gasteiger partial charge in [0.15, 0.2) is 0 Å². The summed E-state index contributed by atoms with van der Waals surface area (Å²) in [6.07, 6.45) is 1.29. The first-order valence-electron chi connectivity index (χ1n) is 5.08. The van der Waals surface area contributed by atoms with Gasteiger partial charge in [-0.2, -0.15) is 4.98 Å². The number of rotatable bonds is 3. The van der Waals surface area contributed by atoms with Gasteiger partial charge in [0.25, 0.3) is 5.69 Å². The Labute approximate surface area is 118 Å². The second-order valence-electron chi connectivity index (χ2n) is 3.60. The Kier molecular flexibility index (Phi) is 3.82. The summed E-state index contributed by atoms with van der Waals surface area (Å²) < 4.78 is 5.44. The van der Waals surface area contributed by atoms with Crippen LogP contribution in [-0.4, -0.2) is 14.9 Å². The molecule has 1 heterocycles. The van der Waals surface area contributed by atoms with Crippen molar-refractivity contribution in [1.82, 2.24) is 9.97 Å². The van der Waals surface area contributed by atoms with Crippen molar-refractivity contribution in [3.63, 3.8) is 0 Å². The molecule has 8 heteroatoms. The lowest BCUT2D eigenvalue weighted by Crippen LogP contribution is -1.95. The smallest absolute Gasteiger partial charge is 0.273 e. The molecule has 2 rings (SSSR count). The van der Waals surface area contributed by atoms with Crippen LogP contribution in [0.5, 0.6) is 11.6 Å². The van der Waals surface area contributed by atoms with E-state index in [-0.39, 0.29) is 27.6 Å². The molecule has 98 valence electrons. The SMILES string of the molecule is Cc1ccc([N+](=O)[O-])cc1Oc1nc(Cl)ncc1Cl. The minimum Gasteiger partial charge on any atom is -0.437 e. The zero-order valence-electron chi connectivity index (χ0n) is 9.63. The van der Waals surface area contributed by atoms with Gasteiger partial charge in [0, 0.05) is 6.07 Å². The number of ether oxygens (including phenoxy) is 1. The third-order valence-electron chi connectivity index (χ3n) is 2.27. The normalized spacial score (nSPS) is 10.3. The van der Waals surface area contributed by atoms with E-state index < -0.39 is 4.92 Å². The average molecular weight is 300 g/mol. The van der Waals surface area contributed by atoms with Crippen molar-refractivity contribution in [2.45, 2.75) is 6.92 Å². The summed E-state index contributed by atoms with van der Waals surface area (Å²) in [5.41, 5.74) is 0.619. The quantitative estimate of drug-likeness (QED) is 0.489. The van der Waals surface area contributed by atoms with Crippen molar-refractivity contribution in [3.05, 3.63) is 50.4 Å². The van der Waals surface area contributed by atoms with Crippen LogP contribution in [0.15, 0.2) is 24.4 Å². The van der Waals surface area contributed by atoms with Gasteiger partial charge in [-0.1, -0.05) is 11.6 Å². The third kappa shape index (κ3) is 3.10. The number of aryl methyl sites for hydroxylation is 1. The number of halogens is 2. The third-order valence-corrected chi connectivity index (χ3v) is 2.71. The van der Waals surface area contributed by atoms with Crippen LogP contribution in [0.2, 0.25) is 10.3 Å². The maximum absolute atomic E-state index is 10.7. The standard InChI is InChI=1S/C11H7Cl2N3O3/c1-6-2-3-7(16(17)18)4-9(6)19-10-8(12)5-14-11(13)15-10/h2-5H,1H3. The zero-order valence-corrected chi connectivity index (χ0v) is 11.1. The summed E-state index contributed by atoms with van der Waals surface area (Å²) >= 11 is 11.5. The highest BCUT2D eigenvalue weighted by molar-refractivity contribution is 6.32. The minimum absolute atomic E-state index is 0.0255. The molecule has 1 aromatic carbocycles. The fourth-order valence-corrected chi connectivity index (χ4v) is 1.57. The summed E-state index contributed by atoms with van der Waals surface area (Å²) in [6, 6.07) is 4.25. The van der Waals surface area contributed by atoms with Crippen LogP contribution in [0.1, 0.15) is 5.56 Å². The number of aromatic nitrogens is 2. The van der Waals surface area contributed by atoms with Gasteiger partial charge >= 0.3 is 0 Å². The summed E-state index contributed by atoms with van der Waals surface area (Å²) in [5, 5.41) is 10.9. The van der Waals surface area contributed by atoms with Gasteiger partial charge < -0.3 is 4.74 Å². The van der Waals surface area contributed by atoms with Gasteiger partial charge in [-0.05, 0) is 30.2 Å². The first-order chi connectivity index (χ1) is 8.97. The van der Waals surface area contributed by atoms with Crippen LogP contribution in [0.25, 0.3) is 0 Å². The second-order valence-corrected chi connectivity index (χ2v) is 4.35. The maximum Gasteiger partial charge on any atom is 0.273 e. The molecule has 0 spiro atoms. The van der Waals surface area contributed by atoms with Crippen LogP contribution >= 0.6 is 23.2 Å². The molecule has 0 aliphatic heterocycles. The van der Waals surface area contributed by atoms with Gasteiger partial charge in [-0.15, -0.1) is 0 Å². The number of hydrogen-bond donors (Lipinski definition) is 0. The Morgan fingerprint density at radius 3 is 2.79 bits per heavy atom. The number of nitrogens with zero attached hydrogens (tertiary/aromatic N) is 3. The lowest BCUT2D eigenvalue weighted by Gasteiger charge is -2.08. The molecule has 1 aromatic heterocycles. The molecule has 0 fully saturated rings. The molecular formula is C11H7Cl2N3O3. The van der Waals surface area contributed by atoms with E-state index in [9.17, 15) is 10.1 Å². The number of non-ortho nitro benzene ring substituents is 1. The van der Waals surface area contributed by atoms with Crippen molar-refractivity contribution < 1.29 is 9.66 Å². The van der Waals surface area contributed by atoms with Crippen molar-refractivity contribution >= 4 is 28.9 Å². The topological polar surface area (TPSA) is 78.2 Å². The van der Waals surface area contributed by atoms with Gasteiger partial charge in [0.1, 0.15) is 10.8 Å². The number of benzene rings is 1. The number of nitro groups is 1. The molecule has 0 aliphatic rings. The highest BCUT2D eigenvalue weighted by Crippen LogP contribution is 2.31. The van der Waals surface area contributed by atoms with Crippen molar-refractivity contribution in [1.29, 1.82) is 0 Å². The van der Waals surface area contributed by atoms with E-state index in [0.717, 1.165) is 0 Å². The van der Waals surface area contributed by atoms with Crippen LogP contribution < -0.4 is 4.74 Å². The molecule has 6 nitrogen and oxygen atoms in total. The highest BCUT2D eigenvalue weighted by Gasteiger charge is 2.13. The van der Waals surface area contributed by atoms with Crippen molar-refractivity contribution in [2.75, 3.05) is 0 Å². The summed E-state index contributed by atoms with van der Waals surface area (Å²) in [4.78, 5) is 17.7. The fourth-order valence-electron chi connectivity index (χ4n) is 1.32. The largest absolute Gasteiger partial charge is 0.437 e. The summed E-state index contributed by atoms with van der Waals surface area (Å²) in [6.45, 7) is 1.75. The molecule has 0 amide bonds. The van der Waals surface area contributed by atoms with Crippen LogP contribution in [0.3, 0.4) is 0 Å². The Hall–Kier alpha value is -1.92. The summed E-state index contributed by atoms with van der Waals surface area (Å²) in [7, 11) is 0. The first kappa shape index (κ1) is 13.5. The first-order valence-corrected chi connectivity index (χ1v) is 5.84. The van der Waals surface area contributed by atoms with Crippen molar-refractivity contribution in [2.24, 2.45) is 0 Å². The van der Waals surface area contributed by atoms with Crippen molar-refractivity contribution in [3.8, 4) is 11.6 Å². The molecule has 0 bridgehead atoms. The molecule has 0 saturated heterocycles. The Balaban J connectivity index is 2.40. The minimum atomic E-state index is -0.513. The van der Waals surface area contributed by atoms with E-state index in [0.29, 0.717) is 5.56 Å². The summed E-state index contributed by atoms with van der Waals surface area (Å²) in [5.74, 6) is 0.330.